The average molecular weight is 447 g/mol. The zero-order chi connectivity index (χ0) is 20.8. The number of aryl methyl sites for hydroxylation is 1. The number of anilines is 1. The van der Waals surface area contributed by atoms with Gasteiger partial charge in [-0.1, -0.05) is 42.8 Å². The molecule has 1 heterocycles. The van der Waals surface area contributed by atoms with Gasteiger partial charge in [0.25, 0.3) is 0 Å². The first kappa shape index (κ1) is 22.0. The molecule has 0 aliphatic heterocycles. The topological polar surface area (TPSA) is 25.4 Å². The van der Waals surface area contributed by atoms with Gasteiger partial charge < -0.3 is 9.64 Å². The van der Waals surface area contributed by atoms with Crippen molar-refractivity contribution >= 4 is 39.8 Å². The Morgan fingerprint density at radius 2 is 1.93 bits per heavy atom. The van der Waals surface area contributed by atoms with Crippen molar-refractivity contribution in [1.82, 2.24) is 4.98 Å². The van der Waals surface area contributed by atoms with E-state index < -0.39 is 0 Å². The quantitative estimate of drug-likeness (QED) is 0.351. The van der Waals surface area contributed by atoms with Gasteiger partial charge in [0.15, 0.2) is 5.13 Å². The minimum atomic E-state index is 0.664. The smallest absolute Gasteiger partial charge is 0.186 e. The van der Waals surface area contributed by atoms with Gasteiger partial charge in [0, 0.05) is 34.3 Å². The lowest BCUT2D eigenvalue weighted by Crippen LogP contribution is -2.24. The number of benzene rings is 2. The van der Waals surface area contributed by atoms with Crippen LogP contribution in [0, 0.1) is 6.92 Å². The number of halogens is 1. The van der Waals surface area contributed by atoms with E-state index in [4.69, 9.17) is 21.3 Å². The van der Waals surface area contributed by atoms with Crippen LogP contribution in [0.4, 0.5) is 5.13 Å². The molecule has 6 heteroatoms. The molecule has 0 saturated heterocycles. The Morgan fingerprint density at radius 1 is 1.17 bits per heavy atom. The summed E-state index contributed by atoms with van der Waals surface area (Å²) >= 11 is 9.74. The Bertz CT molecular complexity index is 958. The van der Waals surface area contributed by atoms with Gasteiger partial charge in [-0.15, -0.1) is 11.3 Å². The molecule has 154 valence electrons. The van der Waals surface area contributed by atoms with Crippen LogP contribution in [0.3, 0.4) is 0 Å². The van der Waals surface area contributed by atoms with Crippen LogP contribution in [0.15, 0.2) is 42.5 Å². The molecule has 0 N–H and O–H groups in total. The molecule has 29 heavy (non-hydrogen) atoms. The molecule has 3 nitrogen and oxygen atoms in total. The second kappa shape index (κ2) is 10.4. The lowest BCUT2D eigenvalue weighted by molar-refractivity contribution is 0.416. The molecule has 1 aromatic heterocycles. The summed E-state index contributed by atoms with van der Waals surface area (Å²) in [5.74, 6) is 1.78. The molecule has 0 atom stereocenters. The fourth-order valence-electron chi connectivity index (χ4n) is 3.35. The number of hydrogen-bond donors (Lipinski definition) is 0. The van der Waals surface area contributed by atoms with E-state index >= 15 is 0 Å². The summed E-state index contributed by atoms with van der Waals surface area (Å²) in [4.78, 5) is 8.60. The summed E-state index contributed by atoms with van der Waals surface area (Å²) in [5, 5.41) is 1.71. The third-order valence-corrected chi connectivity index (χ3v) is 6.61. The maximum Gasteiger partial charge on any atom is 0.186 e. The van der Waals surface area contributed by atoms with Gasteiger partial charge in [0.1, 0.15) is 5.75 Å². The number of rotatable bonds is 9. The molecule has 2 aromatic carbocycles. The molecule has 3 aromatic rings. The lowest BCUT2D eigenvalue weighted by atomic mass is 10.1. The van der Waals surface area contributed by atoms with Crippen molar-refractivity contribution in [3.63, 3.8) is 0 Å². The maximum absolute atomic E-state index is 6.14. The van der Waals surface area contributed by atoms with Crippen LogP contribution in [0.2, 0.25) is 5.02 Å². The Labute approximate surface area is 187 Å². The molecule has 0 saturated carbocycles. The van der Waals surface area contributed by atoms with Crippen molar-refractivity contribution in [2.75, 3.05) is 24.8 Å². The highest BCUT2D eigenvalue weighted by Gasteiger charge is 2.19. The molecule has 0 radical (unpaired) electrons. The van der Waals surface area contributed by atoms with Crippen LogP contribution in [0.1, 0.15) is 29.3 Å². The molecule has 0 fully saturated rings. The summed E-state index contributed by atoms with van der Waals surface area (Å²) in [6.45, 7) is 6.17. The Morgan fingerprint density at radius 3 is 2.62 bits per heavy atom. The summed E-state index contributed by atoms with van der Waals surface area (Å²) in [6.07, 6.45) is 3.22. The monoisotopic (exact) mass is 446 g/mol. The molecular formula is C23H27ClN2OS2. The standard InChI is InChI=1S/C23H27ClN2OS2/c1-5-12-26(14-17-8-6-7-9-18(17)15-28-4)23-25-22(16(2)29-23)20-11-10-19(24)13-21(20)27-3/h6-11,13H,5,12,14-15H2,1-4H3. The molecular weight excluding hydrogens is 420 g/mol. The number of methoxy groups -OCH3 is 1. The van der Waals surface area contributed by atoms with Gasteiger partial charge in [-0.2, -0.15) is 11.8 Å². The Kier molecular flexibility index (Phi) is 7.87. The second-order valence-electron chi connectivity index (χ2n) is 6.87. The minimum absolute atomic E-state index is 0.664. The van der Waals surface area contributed by atoms with Crippen LogP contribution in [0.5, 0.6) is 5.75 Å². The van der Waals surface area contributed by atoms with E-state index in [1.165, 1.54) is 16.0 Å². The summed E-state index contributed by atoms with van der Waals surface area (Å²) in [5.41, 5.74) is 4.72. The molecule has 0 bridgehead atoms. The zero-order valence-corrected chi connectivity index (χ0v) is 19.8. The first-order chi connectivity index (χ1) is 14.1. The van der Waals surface area contributed by atoms with Crippen LogP contribution in [-0.4, -0.2) is 24.9 Å². The largest absolute Gasteiger partial charge is 0.496 e. The Balaban J connectivity index is 1.95. The van der Waals surface area contributed by atoms with Gasteiger partial charge in [-0.25, -0.2) is 4.98 Å². The fourth-order valence-corrected chi connectivity index (χ4v) is 5.06. The number of aromatic nitrogens is 1. The van der Waals surface area contributed by atoms with Gasteiger partial charge >= 0.3 is 0 Å². The highest BCUT2D eigenvalue weighted by atomic mass is 35.5. The van der Waals surface area contributed by atoms with Crippen LogP contribution >= 0.6 is 34.7 Å². The third-order valence-electron chi connectivity index (χ3n) is 4.75. The molecule has 0 spiro atoms. The SMILES string of the molecule is CCCN(Cc1ccccc1CSC)c1nc(-c2ccc(Cl)cc2OC)c(C)s1. The predicted octanol–water partition coefficient (Wildman–Crippen LogP) is 7.06. The van der Waals surface area contributed by atoms with E-state index in [1.807, 2.05) is 30.0 Å². The van der Waals surface area contributed by atoms with Crippen molar-refractivity contribution in [2.24, 2.45) is 0 Å². The van der Waals surface area contributed by atoms with Crippen molar-refractivity contribution in [3.8, 4) is 17.0 Å². The average Bonchev–Trinajstić information content (AvgIpc) is 3.10. The first-order valence-corrected chi connectivity index (χ1v) is 12.3. The molecule has 0 aliphatic carbocycles. The van der Waals surface area contributed by atoms with Crippen molar-refractivity contribution in [1.29, 1.82) is 0 Å². The summed E-state index contributed by atoms with van der Waals surface area (Å²) in [6, 6.07) is 14.4. The fraction of sp³-hybridized carbons (Fsp3) is 0.348. The number of nitrogens with zero attached hydrogens (tertiary/aromatic N) is 2. The summed E-state index contributed by atoms with van der Waals surface area (Å²) < 4.78 is 5.56. The second-order valence-corrected chi connectivity index (χ2v) is 9.35. The van der Waals surface area contributed by atoms with Gasteiger partial charge in [-0.3, -0.25) is 0 Å². The van der Waals surface area contributed by atoms with Gasteiger partial charge in [0.2, 0.25) is 0 Å². The number of hydrogen-bond acceptors (Lipinski definition) is 5. The highest BCUT2D eigenvalue weighted by Crippen LogP contribution is 2.38. The number of ether oxygens (including phenoxy) is 1. The van der Waals surface area contributed by atoms with Crippen LogP contribution in [-0.2, 0) is 12.3 Å². The van der Waals surface area contributed by atoms with Gasteiger partial charge in [-0.05, 0) is 48.9 Å². The van der Waals surface area contributed by atoms with E-state index in [1.54, 1.807) is 18.4 Å². The molecule has 0 amide bonds. The van der Waals surface area contributed by atoms with Crippen LogP contribution in [0.25, 0.3) is 11.3 Å². The minimum Gasteiger partial charge on any atom is -0.496 e. The normalized spacial score (nSPS) is 10.9. The van der Waals surface area contributed by atoms with Crippen molar-refractivity contribution in [2.45, 2.75) is 32.6 Å². The van der Waals surface area contributed by atoms with Crippen molar-refractivity contribution < 1.29 is 4.74 Å². The third kappa shape index (κ3) is 5.27. The van der Waals surface area contributed by atoms with Gasteiger partial charge in [0.05, 0.1) is 12.8 Å². The number of thioether (sulfide) groups is 1. The summed E-state index contributed by atoms with van der Waals surface area (Å²) in [7, 11) is 1.67. The van der Waals surface area contributed by atoms with E-state index in [2.05, 4.69) is 49.3 Å². The molecule has 3 rings (SSSR count). The van der Waals surface area contributed by atoms with Crippen LogP contribution < -0.4 is 9.64 Å². The van der Waals surface area contributed by atoms with E-state index in [-0.39, 0.29) is 0 Å². The Hall–Kier alpha value is -1.69. The zero-order valence-electron chi connectivity index (χ0n) is 17.4. The maximum atomic E-state index is 6.14. The first-order valence-electron chi connectivity index (χ1n) is 9.69. The number of thiazole rings is 1. The predicted molar refractivity (Wildman–Crippen MR) is 129 cm³/mol. The van der Waals surface area contributed by atoms with E-state index in [0.717, 1.165) is 47.4 Å². The highest BCUT2D eigenvalue weighted by molar-refractivity contribution is 7.97. The van der Waals surface area contributed by atoms with E-state index in [0.29, 0.717) is 5.02 Å². The van der Waals surface area contributed by atoms with Crippen molar-refractivity contribution in [3.05, 3.63) is 63.5 Å². The molecule has 0 unspecified atom stereocenters. The molecule has 0 aliphatic rings. The lowest BCUT2D eigenvalue weighted by Gasteiger charge is -2.22. The van der Waals surface area contributed by atoms with E-state index in [9.17, 15) is 0 Å².